The zero-order valence-corrected chi connectivity index (χ0v) is 13.2. The quantitative estimate of drug-likeness (QED) is 0.789. The second-order valence-electron chi connectivity index (χ2n) is 5.68. The van der Waals surface area contributed by atoms with Crippen molar-refractivity contribution in [2.45, 2.75) is 32.7 Å². The minimum absolute atomic E-state index is 0.177. The number of carbonyl (C=O) groups excluding carboxylic acids is 1. The molecule has 1 heterocycles. The predicted octanol–water partition coefficient (Wildman–Crippen LogP) is 2.15. The lowest BCUT2D eigenvalue weighted by atomic mass is 9.95. The Balaban J connectivity index is 1.98. The molecule has 0 bridgehead atoms. The lowest BCUT2D eigenvalue weighted by Gasteiger charge is -2.34. The van der Waals surface area contributed by atoms with Crippen molar-refractivity contribution in [3.8, 4) is 0 Å². The third-order valence-electron chi connectivity index (χ3n) is 4.19. The van der Waals surface area contributed by atoms with E-state index in [4.69, 9.17) is 0 Å². The van der Waals surface area contributed by atoms with E-state index in [0.717, 1.165) is 45.4 Å². The molecule has 1 aliphatic rings. The van der Waals surface area contributed by atoms with E-state index in [0.29, 0.717) is 0 Å². The smallest absolute Gasteiger partial charge is 0.222 e. The number of anilines is 1. The van der Waals surface area contributed by atoms with Crippen LogP contribution in [0.15, 0.2) is 24.3 Å². The van der Waals surface area contributed by atoms with Gasteiger partial charge in [0.05, 0.1) is 0 Å². The number of nitrogens with zero attached hydrogens (tertiary/aromatic N) is 1. The number of benzene rings is 1. The summed E-state index contributed by atoms with van der Waals surface area (Å²) >= 11 is 0. The van der Waals surface area contributed by atoms with E-state index in [2.05, 4.69) is 46.7 Å². The number of piperidine rings is 1. The minimum atomic E-state index is 0.177. The van der Waals surface area contributed by atoms with Crippen molar-refractivity contribution < 1.29 is 4.79 Å². The minimum Gasteiger partial charge on any atom is -0.371 e. The summed E-state index contributed by atoms with van der Waals surface area (Å²) in [6.45, 7) is 6.07. The Morgan fingerprint density at radius 1 is 1.29 bits per heavy atom. The number of rotatable bonds is 6. The lowest BCUT2D eigenvalue weighted by molar-refractivity contribution is -0.125. The van der Waals surface area contributed by atoms with Crippen LogP contribution in [0.1, 0.15) is 31.7 Å². The Kier molecular flexibility index (Phi) is 6.05. The number of hydrogen-bond acceptors (Lipinski definition) is 3. The van der Waals surface area contributed by atoms with Gasteiger partial charge >= 0.3 is 0 Å². The normalized spacial score (nSPS) is 16.0. The zero-order valence-electron chi connectivity index (χ0n) is 13.2. The Morgan fingerprint density at radius 2 is 2.00 bits per heavy atom. The van der Waals surface area contributed by atoms with Gasteiger partial charge in [0.25, 0.3) is 0 Å². The number of carbonyl (C=O) groups is 1. The number of hydrogen-bond donors (Lipinski definition) is 2. The van der Waals surface area contributed by atoms with Gasteiger partial charge < -0.3 is 15.5 Å². The largest absolute Gasteiger partial charge is 0.371 e. The molecular formula is C17H27N3O. The summed E-state index contributed by atoms with van der Waals surface area (Å²) in [5.74, 6) is 0.365. The fraction of sp³-hybridized carbons (Fsp3) is 0.588. The van der Waals surface area contributed by atoms with Gasteiger partial charge in [0.2, 0.25) is 5.91 Å². The molecule has 1 amide bonds. The summed E-state index contributed by atoms with van der Waals surface area (Å²) < 4.78 is 0. The molecule has 4 heteroatoms. The molecule has 2 rings (SSSR count). The van der Waals surface area contributed by atoms with Crippen LogP contribution in [-0.4, -0.2) is 32.6 Å². The van der Waals surface area contributed by atoms with E-state index >= 15 is 0 Å². The van der Waals surface area contributed by atoms with E-state index in [1.807, 2.05) is 0 Å². The van der Waals surface area contributed by atoms with E-state index in [-0.39, 0.29) is 11.8 Å². The van der Waals surface area contributed by atoms with Crippen molar-refractivity contribution in [1.82, 2.24) is 10.6 Å². The van der Waals surface area contributed by atoms with E-state index < -0.39 is 0 Å². The maximum Gasteiger partial charge on any atom is 0.222 e. The van der Waals surface area contributed by atoms with Crippen LogP contribution in [0.3, 0.4) is 0 Å². The van der Waals surface area contributed by atoms with Gasteiger partial charge in [-0.05, 0) is 37.4 Å². The van der Waals surface area contributed by atoms with Gasteiger partial charge in [0.15, 0.2) is 0 Å². The number of amides is 1. The molecule has 21 heavy (non-hydrogen) atoms. The highest BCUT2D eigenvalue weighted by Crippen LogP contribution is 2.26. The molecule has 4 nitrogen and oxygen atoms in total. The Hall–Kier alpha value is -1.55. The second kappa shape index (κ2) is 8.03. The van der Waals surface area contributed by atoms with E-state index in [1.165, 1.54) is 11.3 Å². The van der Waals surface area contributed by atoms with Gasteiger partial charge in [-0.25, -0.2) is 0 Å². The Labute approximate surface area is 127 Å². The van der Waals surface area contributed by atoms with Crippen LogP contribution >= 0.6 is 0 Å². The van der Waals surface area contributed by atoms with Crippen molar-refractivity contribution in [3.63, 3.8) is 0 Å². The first-order chi connectivity index (χ1) is 10.3. The second-order valence-corrected chi connectivity index (χ2v) is 5.68. The van der Waals surface area contributed by atoms with Crippen molar-refractivity contribution >= 4 is 11.6 Å². The summed E-state index contributed by atoms with van der Waals surface area (Å²) in [5, 5.41) is 6.24. The van der Waals surface area contributed by atoms with Gasteiger partial charge in [-0.15, -0.1) is 0 Å². The maximum atomic E-state index is 11.7. The van der Waals surface area contributed by atoms with Gasteiger partial charge in [0, 0.05) is 38.3 Å². The van der Waals surface area contributed by atoms with Crippen LogP contribution in [0.4, 0.5) is 5.69 Å². The van der Waals surface area contributed by atoms with Crippen molar-refractivity contribution in [2.75, 3.05) is 31.6 Å². The van der Waals surface area contributed by atoms with Gasteiger partial charge in [0.1, 0.15) is 0 Å². The fourth-order valence-corrected chi connectivity index (χ4v) is 2.96. The molecule has 0 saturated carbocycles. The molecule has 0 aliphatic carbocycles. The summed E-state index contributed by atoms with van der Waals surface area (Å²) in [6.07, 6.45) is 3.03. The third kappa shape index (κ3) is 4.21. The summed E-state index contributed by atoms with van der Waals surface area (Å²) in [7, 11) is 1.73. The molecule has 1 aromatic rings. The van der Waals surface area contributed by atoms with Crippen molar-refractivity contribution in [2.24, 2.45) is 5.92 Å². The molecular weight excluding hydrogens is 262 g/mol. The highest BCUT2D eigenvalue weighted by Gasteiger charge is 2.25. The monoisotopic (exact) mass is 289 g/mol. The summed E-state index contributed by atoms with van der Waals surface area (Å²) in [5.41, 5.74) is 2.67. The highest BCUT2D eigenvalue weighted by molar-refractivity contribution is 5.78. The Bertz CT molecular complexity index is 453. The average molecular weight is 289 g/mol. The van der Waals surface area contributed by atoms with Crippen LogP contribution in [0, 0.1) is 5.92 Å². The SMILES string of the molecule is CCCNCc1ccccc1N1CCC(C(=O)NC)CC1. The molecule has 0 aromatic heterocycles. The molecule has 116 valence electrons. The highest BCUT2D eigenvalue weighted by atomic mass is 16.1. The molecule has 2 N–H and O–H groups in total. The van der Waals surface area contributed by atoms with Crippen LogP contribution < -0.4 is 15.5 Å². The summed E-state index contributed by atoms with van der Waals surface area (Å²) in [6, 6.07) is 8.60. The van der Waals surface area contributed by atoms with Crippen molar-refractivity contribution in [1.29, 1.82) is 0 Å². The molecule has 0 atom stereocenters. The van der Waals surface area contributed by atoms with Gasteiger partial charge in [-0.3, -0.25) is 4.79 Å². The van der Waals surface area contributed by atoms with Crippen LogP contribution in [0.25, 0.3) is 0 Å². The zero-order chi connectivity index (χ0) is 15.1. The standard InChI is InChI=1S/C17H27N3O/c1-3-10-19-13-15-6-4-5-7-16(15)20-11-8-14(9-12-20)17(21)18-2/h4-7,14,19H,3,8-13H2,1-2H3,(H,18,21). The molecule has 0 unspecified atom stereocenters. The molecule has 1 saturated heterocycles. The molecule has 1 fully saturated rings. The van der Waals surface area contributed by atoms with Crippen LogP contribution in [0.2, 0.25) is 0 Å². The molecule has 0 radical (unpaired) electrons. The van der Waals surface area contributed by atoms with Crippen LogP contribution in [0.5, 0.6) is 0 Å². The molecule has 0 spiro atoms. The lowest BCUT2D eigenvalue weighted by Crippen LogP contribution is -2.40. The maximum absolute atomic E-state index is 11.7. The Morgan fingerprint density at radius 3 is 2.67 bits per heavy atom. The van der Waals surface area contributed by atoms with Gasteiger partial charge in [-0.1, -0.05) is 25.1 Å². The fourth-order valence-electron chi connectivity index (χ4n) is 2.96. The first kappa shape index (κ1) is 15.8. The van der Waals surface area contributed by atoms with E-state index in [9.17, 15) is 4.79 Å². The number of para-hydroxylation sites is 1. The average Bonchev–Trinajstić information content (AvgIpc) is 2.55. The predicted molar refractivity (Wildman–Crippen MR) is 87.4 cm³/mol. The van der Waals surface area contributed by atoms with Gasteiger partial charge in [-0.2, -0.15) is 0 Å². The van der Waals surface area contributed by atoms with Crippen molar-refractivity contribution in [3.05, 3.63) is 29.8 Å². The summed E-state index contributed by atoms with van der Waals surface area (Å²) in [4.78, 5) is 14.1. The molecule has 1 aromatic carbocycles. The molecule has 1 aliphatic heterocycles. The first-order valence-electron chi connectivity index (χ1n) is 8.01. The number of nitrogens with one attached hydrogen (secondary N) is 2. The first-order valence-corrected chi connectivity index (χ1v) is 8.01. The third-order valence-corrected chi connectivity index (χ3v) is 4.19. The topological polar surface area (TPSA) is 44.4 Å². The van der Waals surface area contributed by atoms with E-state index in [1.54, 1.807) is 7.05 Å². The van der Waals surface area contributed by atoms with Crippen LogP contribution in [-0.2, 0) is 11.3 Å².